The largest absolute Gasteiger partial charge is 0.315 e. The molecule has 1 aromatic heterocycles. The predicted molar refractivity (Wildman–Crippen MR) is 86.1 cm³/mol. The number of aryl methyl sites for hydroxylation is 2. The molecule has 1 atom stereocenters. The maximum absolute atomic E-state index is 4.79. The summed E-state index contributed by atoms with van der Waals surface area (Å²) in [5, 5.41) is 8.20. The monoisotopic (exact) mass is 333 g/mol. The Balaban J connectivity index is 2.07. The van der Waals surface area contributed by atoms with Crippen molar-refractivity contribution < 1.29 is 0 Å². The smallest absolute Gasteiger partial charge is 0.0675 e. The van der Waals surface area contributed by atoms with Crippen LogP contribution in [0.1, 0.15) is 29.4 Å². The van der Waals surface area contributed by atoms with E-state index in [4.69, 9.17) is 5.10 Å². The SMILES string of the molecule is Cc1cc(-c2c(C)nn(C3CCNC3)c2C)ccc1Br. The normalized spacial score (nSPS) is 18.7. The van der Waals surface area contributed by atoms with Gasteiger partial charge in [0.05, 0.1) is 11.7 Å². The van der Waals surface area contributed by atoms with Crippen molar-refractivity contribution in [2.75, 3.05) is 13.1 Å². The number of halogens is 1. The Kier molecular flexibility index (Phi) is 3.69. The Morgan fingerprint density at radius 2 is 2.10 bits per heavy atom. The van der Waals surface area contributed by atoms with Crippen LogP contribution in [0.15, 0.2) is 22.7 Å². The molecule has 0 amide bonds. The van der Waals surface area contributed by atoms with Crippen molar-refractivity contribution in [3.63, 3.8) is 0 Å². The fraction of sp³-hybridized carbons (Fsp3) is 0.438. The molecule has 1 saturated heterocycles. The zero-order valence-corrected chi connectivity index (χ0v) is 13.8. The maximum atomic E-state index is 4.79. The van der Waals surface area contributed by atoms with Gasteiger partial charge in [0.1, 0.15) is 0 Å². The van der Waals surface area contributed by atoms with Crippen LogP contribution in [-0.4, -0.2) is 22.9 Å². The Morgan fingerprint density at radius 3 is 2.75 bits per heavy atom. The minimum absolute atomic E-state index is 0.499. The van der Waals surface area contributed by atoms with E-state index in [1.54, 1.807) is 0 Å². The van der Waals surface area contributed by atoms with E-state index in [-0.39, 0.29) is 0 Å². The maximum Gasteiger partial charge on any atom is 0.0675 e. The molecule has 0 radical (unpaired) electrons. The molecule has 0 aliphatic carbocycles. The first-order chi connectivity index (χ1) is 9.58. The van der Waals surface area contributed by atoms with Crippen LogP contribution in [0.2, 0.25) is 0 Å². The van der Waals surface area contributed by atoms with Gasteiger partial charge in [-0.15, -0.1) is 0 Å². The van der Waals surface area contributed by atoms with E-state index in [1.807, 2.05) is 0 Å². The van der Waals surface area contributed by atoms with Gasteiger partial charge in [-0.1, -0.05) is 28.1 Å². The number of nitrogens with zero attached hydrogens (tertiary/aromatic N) is 2. The molecular weight excluding hydrogens is 314 g/mol. The first-order valence-electron chi connectivity index (χ1n) is 7.11. The highest BCUT2D eigenvalue weighted by Crippen LogP contribution is 2.32. The molecule has 106 valence electrons. The van der Waals surface area contributed by atoms with Gasteiger partial charge in [-0.25, -0.2) is 0 Å². The van der Waals surface area contributed by atoms with Crippen LogP contribution >= 0.6 is 15.9 Å². The summed E-state index contributed by atoms with van der Waals surface area (Å²) in [7, 11) is 0. The van der Waals surface area contributed by atoms with Crippen molar-refractivity contribution in [2.45, 2.75) is 33.2 Å². The van der Waals surface area contributed by atoms with Crippen molar-refractivity contribution in [2.24, 2.45) is 0 Å². The number of hydrogen-bond acceptors (Lipinski definition) is 2. The van der Waals surface area contributed by atoms with Crippen LogP contribution in [0, 0.1) is 20.8 Å². The summed E-state index contributed by atoms with van der Waals surface area (Å²) in [5.74, 6) is 0. The average molecular weight is 334 g/mol. The van der Waals surface area contributed by atoms with Gasteiger partial charge >= 0.3 is 0 Å². The lowest BCUT2D eigenvalue weighted by Crippen LogP contribution is -2.15. The van der Waals surface area contributed by atoms with Crippen LogP contribution in [0.5, 0.6) is 0 Å². The van der Waals surface area contributed by atoms with E-state index in [0.717, 1.165) is 23.3 Å². The Hall–Kier alpha value is -1.13. The second-order valence-corrected chi connectivity index (χ2v) is 6.46. The highest BCUT2D eigenvalue weighted by atomic mass is 79.9. The third kappa shape index (κ3) is 2.31. The summed E-state index contributed by atoms with van der Waals surface area (Å²) in [4.78, 5) is 0. The van der Waals surface area contributed by atoms with Gasteiger partial charge in [0.15, 0.2) is 0 Å². The van der Waals surface area contributed by atoms with Crippen molar-refractivity contribution in [1.82, 2.24) is 15.1 Å². The van der Waals surface area contributed by atoms with E-state index in [1.165, 1.54) is 28.8 Å². The second-order valence-electron chi connectivity index (χ2n) is 5.60. The molecule has 0 spiro atoms. The van der Waals surface area contributed by atoms with Gasteiger partial charge in [-0.3, -0.25) is 4.68 Å². The summed E-state index contributed by atoms with van der Waals surface area (Å²) in [6, 6.07) is 7.03. The molecule has 1 N–H and O–H groups in total. The standard InChI is InChI=1S/C16H20BrN3/c1-10-8-13(4-5-15(10)17)16-11(2)19-20(12(16)3)14-6-7-18-9-14/h4-5,8,14,18H,6-7,9H2,1-3H3. The summed E-state index contributed by atoms with van der Waals surface area (Å²) in [5.41, 5.74) is 6.20. The molecule has 0 bridgehead atoms. The van der Waals surface area contributed by atoms with Gasteiger partial charge in [0.2, 0.25) is 0 Å². The fourth-order valence-electron chi connectivity index (χ4n) is 3.08. The molecular formula is C16H20BrN3. The third-order valence-corrected chi connectivity index (χ3v) is 5.04. The van der Waals surface area contributed by atoms with Gasteiger partial charge in [-0.05, 0) is 50.9 Å². The Morgan fingerprint density at radius 1 is 1.30 bits per heavy atom. The Labute approximate surface area is 128 Å². The fourth-order valence-corrected chi connectivity index (χ4v) is 3.33. The summed E-state index contributed by atoms with van der Waals surface area (Å²) < 4.78 is 3.37. The van der Waals surface area contributed by atoms with Crippen LogP contribution in [0.25, 0.3) is 11.1 Å². The molecule has 2 aromatic rings. The number of benzene rings is 1. The average Bonchev–Trinajstić information content (AvgIpc) is 3.02. The number of nitrogens with one attached hydrogen (secondary N) is 1. The quantitative estimate of drug-likeness (QED) is 0.906. The topological polar surface area (TPSA) is 29.9 Å². The summed E-state index contributed by atoms with van der Waals surface area (Å²) in [6.45, 7) is 8.55. The molecule has 1 unspecified atom stereocenters. The second kappa shape index (κ2) is 5.34. The molecule has 3 nitrogen and oxygen atoms in total. The summed E-state index contributed by atoms with van der Waals surface area (Å²) in [6.07, 6.45) is 1.17. The third-order valence-electron chi connectivity index (χ3n) is 4.15. The van der Waals surface area contributed by atoms with Crippen LogP contribution in [-0.2, 0) is 0 Å². The molecule has 4 heteroatoms. The van der Waals surface area contributed by atoms with E-state index in [0.29, 0.717) is 6.04 Å². The molecule has 3 rings (SSSR count). The van der Waals surface area contributed by atoms with Crippen molar-refractivity contribution in [1.29, 1.82) is 0 Å². The molecule has 1 fully saturated rings. The van der Waals surface area contributed by atoms with Crippen LogP contribution in [0.4, 0.5) is 0 Å². The first-order valence-corrected chi connectivity index (χ1v) is 7.90. The molecule has 0 saturated carbocycles. The van der Waals surface area contributed by atoms with E-state index < -0.39 is 0 Å². The zero-order chi connectivity index (χ0) is 14.3. The zero-order valence-electron chi connectivity index (χ0n) is 12.2. The van der Waals surface area contributed by atoms with Crippen molar-refractivity contribution >= 4 is 15.9 Å². The number of hydrogen-bond donors (Lipinski definition) is 1. The number of aromatic nitrogens is 2. The molecule has 20 heavy (non-hydrogen) atoms. The first kappa shape index (κ1) is 13.8. The predicted octanol–water partition coefficient (Wildman–Crippen LogP) is 3.77. The lowest BCUT2D eigenvalue weighted by Gasteiger charge is -2.12. The minimum Gasteiger partial charge on any atom is -0.315 e. The van der Waals surface area contributed by atoms with Crippen LogP contribution < -0.4 is 5.32 Å². The minimum atomic E-state index is 0.499. The van der Waals surface area contributed by atoms with Gasteiger partial charge in [-0.2, -0.15) is 5.10 Å². The molecule has 1 aromatic carbocycles. The lowest BCUT2D eigenvalue weighted by molar-refractivity contribution is 0.477. The van der Waals surface area contributed by atoms with Crippen LogP contribution in [0.3, 0.4) is 0 Å². The highest BCUT2D eigenvalue weighted by molar-refractivity contribution is 9.10. The van der Waals surface area contributed by atoms with Gasteiger partial charge < -0.3 is 5.32 Å². The van der Waals surface area contributed by atoms with Gasteiger partial charge in [0, 0.05) is 22.3 Å². The summed E-state index contributed by atoms with van der Waals surface area (Å²) >= 11 is 3.57. The lowest BCUT2D eigenvalue weighted by atomic mass is 10.0. The molecule has 1 aliphatic rings. The number of rotatable bonds is 2. The van der Waals surface area contributed by atoms with Crippen molar-refractivity contribution in [3.8, 4) is 11.1 Å². The highest BCUT2D eigenvalue weighted by Gasteiger charge is 2.22. The Bertz CT molecular complexity index is 639. The van der Waals surface area contributed by atoms with Gasteiger partial charge in [0.25, 0.3) is 0 Å². The van der Waals surface area contributed by atoms with Crippen molar-refractivity contribution in [3.05, 3.63) is 39.6 Å². The van der Waals surface area contributed by atoms with E-state index >= 15 is 0 Å². The van der Waals surface area contributed by atoms with E-state index in [9.17, 15) is 0 Å². The molecule has 1 aliphatic heterocycles. The van der Waals surface area contributed by atoms with E-state index in [2.05, 4.69) is 64.9 Å². The molecule has 2 heterocycles.